The minimum atomic E-state index is -0.609. The monoisotopic (exact) mass is 624 g/mol. The summed E-state index contributed by atoms with van der Waals surface area (Å²) in [5.41, 5.74) is 3.99. The van der Waals surface area contributed by atoms with E-state index in [-0.39, 0.29) is 25.0 Å². The zero-order valence-electron chi connectivity index (χ0n) is 22.0. The Balaban J connectivity index is 1.32. The minimum absolute atomic E-state index is 0.113. The molecule has 12 heteroatoms. The van der Waals surface area contributed by atoms with E-state index < -0.39 is 6.10 Å². The van der Waals surface area contributed by atoms with Crippen molar-refractivity contribution >= 4 is 45.1 Å². The number of rotatable bonds is 15. The summed E-state index contributed by atoms with van der Waals surface area (Å²) >= 11 is 9.76. The number of nitrogens with zero attached hydrogens (tertiary/aromatic N) is 1. The highest BCUT2D eigenvalue weighted by Crippen LogP contribution is 2.29. The van der Waals surface area contributed by atoms with Gasteiger partial charge in [-0.05, 0) is 64.3 Å². The number of hydrogen-bond donors (Lipinski definition) is 4. The van der Waals surface area contributed by atoms with Crippen LogP contribution in [0.1, 0.15) is 38.7 Å². The molecule has 212 valence electrons. The number of aliphatic hydroxyl groups excluding tert-OH is 1. The van der Waals surface area contributed by atoms with Gasteiger partial charge in [-0.3, -0.25) is 9.59 Å². The fraction of sp³-hybridized carbons (Fsp3) is 0.444. The van der Waals surface area contributed by atoms with Crippen molar-refractivity contribution in [2.45, 2.75) is 45.3 Å². The molecular weight excluding hydrogens is 592 g/mol. The van der Waals surface area contributed by atoms with Gasteiger partial charge in [0.2, 0.25) is 5.91 Å². The molecule has 0 fully saturated rings. The predicted octanol–water partition coefficient (Wildman–Crippen LogP) is 3.42. The highest BCUT2D eigenvalue weighted by molar-refractivity contribution is 9.10. The van der Waals surface area contributed by atoms with Gasteiger partial charge in [0.05, 0.1) is 21.8 Å². The van der Waals surface area contributed by atoms with E-state index in [1.54, 1.807) is 36.4 Å². The lowest BCUT2D eigenvalue weighted by atomic mass is 10.0. The smallest absolute Gasteiger partial charge is 0.257 e. The van der Waals surface area contributed by atoms with Crippen molar-refractivity contribution < 1.29 is 28.9 Å². The number of hydrazone groups is 1. The van der Waals surface area contributed by atoms with Crippen LogP contribution in [-0.4, -0.2) is 67.7 Å². The molecule has 1 aliphatic rings. The number of benzene rings is 2. The van der Waals surface area contributed by atoms with Gasteiger partial charge in [-0.15, -0.1) is 0 Å². The van der Waals surface area contributed by atoms with Crippen molar-refractivity contribution in [3.63, 3.8) is 0 Å². The summed E-state index contributed by atoms with van der Waals surface area (Å²) in [6.07, 6.45) is 0.904. The molecule has 3 rings (SSSR count). The maximum atomic E-state index is 12.2. The van der Waals surface area contributed by atoms with Crippen molar-refractivity contribution in [2.75, 3.05) is 32.9 Å². The Morgan fingerprint density at radius 1 is 1.15 bits per heavy atom. The zero-order chi connectivity index (χ0) is 28.2. The van der Waals surface area contributed by atoms with Gasteiger partial charge in [-0.25, -0.2) is 5.43 Å². The summed E-state index contributed by atoms with van der Waals surface area (Å²) in [6, 6.07) is 10.8. The van der Waals surface area contributed by atoms with Crippen LogP contribution in [-0.2, 0) is 9.59 Å². The summed E-state index contributed by atoms with van der Waals surface area (Å²) in [7, 11) is 0. The van der Waals surface area contributed by atoms with Crippen molar-refractivity contribution in [1.82, 2.24) is 16.1 Å². The van der Waals surface area contributed by atoms with Gasteiger partial charge >= 0.3 is 0 Å². The first-order valence-electron chi connectivity index (χ1n) is 12.7. The normalized spacial score (nSPS) is 13.9. The number of carbonyl (C=O) groups is 2. The fourth-order valence-corrected chi connectivity index (χ4v) is 4.18. The SMILES string of the molecule is CC(C)NCC(O)COc1ccc(OCCCNC(=O)COc2ccc(C3=NNC(=O)CC3)cc2Cl)cc1Br. The summed E-state index contributed by atoms with van der Waals surface area (Å²) in [6.45, 7) is 5.32. The third-order valence-corrected chi connectivity index (χ3v) is 6.45. The molecule has 10 nitrogen and oxygen atoms in total. The summed E-state index contributed by atoms with van der Waals surface area (Å²) in [5, 5.41) is 20.3. The number of carbonyl (C=O) groups excluding carboxylic acids is 2. The van der Waals surface area contributed by atoms with Crippen LogP contribution in [0.5, 0.6) is 17.2 Å². The number of aliphatic hydroxyl groups is 1. The number of hydrogen-bond acceptors (Lipinski definition) is 8. The van der Waals surface area contributed by atoms with E-state index in [0.717, 1.165) is 15.7 Å². The maximum absolute atomic E-state index is 12.2. The third kappa shape index (κ3) is 10.7. The average Bonchev–Trinajstić information content (AvgIpc) is 2.91. The summed E-state index contributed by atoms with van der Waals surface area (Å²) in [4.78, 5) is 23.4. The molecule has 0 saturated carbocycles. The van der Waals surface area contributed by atoms with Gasteiger partial charge in [0.25, 0.3) is 5.91 Å². The Hall–Kier alpha value is -2.86. The first kappa shape index (κ1) is 30.7. The van der Waals surface area contributed by atoms with E-state index in [0.29, 0.717) is 67.3 Å². The van der Waals surface area contributed by atoms with Crippen LogP contribution in [0.15, 0.2) is 46.0 Å². The Morgan fingerprint density at radius 2 is 1.95 bits per heavy atom. The molecule has 0 spiro atoms. The standard InChI is InChI=1S/C27H34BrClN4O6/c1-17(2)31-14-19(34)15-38-24-8-5-20(13-21(24)28)37-11-3-10-30-27(36)16-39-25-7-4-18(12-22(25)29)23-6-9-26(35)33-32-23/h4-5,7-8,12-13,17,19,31,34H,3,6,9-11,14-16H2,1-2H3,(H,30,36)(H,33,35). The average molecular weight is 626 g/mol. The minimum Gasteiger partial charge on any atom is -0.493 e. The lowest BCUT2D eigenvalue weighted by molar-refractivity contribution is -0.123. The molecule has 0 radical (unpaired) electrons. The molecule has 2 aromatic rings. The second-order valence-electron chi connectivity index (χ2n) is 9.20. The van der Waals surface area contributed by atoms with Crippen molar-refractivity contribution in [2.24, 2.45) is 5.10 Å². The molecular formula is C27H34BrClN4O6. The van der Waals surface area contributed by atoms with E-state index >= 15 is 0 Å². The van der Waals surface area contributed by atoms with Crippen molar-refractivity contribution in [3.8, 4) is 17.2 Å². The second kappa shape index (κ2) is 15.7. The van der Waals surface area contributed by atoms with Gasteiger partial charge in [0.15, 0.2) is 6.61 Å². The third-order valence-electron chi connectivity index (χ3n) is 5.54. The van der Waals surface area contributed by atoms with Gasteiger partial charge in [-0.2, -0.15) is 5.10 Å². The van der Waals surface area contributed by atoms with Crippen LogP contribution in [0.2, 0.25) is 5.02 Å². The number of ether oxygens (including phenoxy) is 3. The summed E-state index contributed by atoms with van der Waals surface area (Å²) < 4.78 is 17.7. The molecule has 1 heterocycles. The molecule has 1 aliphatic heterocycles. The molecule has 0 aromatic heterocycles. The van der Waals surface area contributed by atoms with Gasteiger partial charge < -0.3 is 30.0 Å². The van der Waals surface area contributed by atoms with Crippen molar-refractivity contribution in [1.29, 1.82) is 0 Å². The number of nitrogens with one attached hydrogen (secondary N) is 3. The van der Waals surface area contributed by atoms with Crippen LogP contribution in [0.3, 0.4) is 0 Å². The van der Waals surface area contributed by atoms with Crippen LogP contribution in [0, 0.1) is 0 Å². The van der Waals surface area contributed by atoms with Gasteiger partial charge in [-0.1, -0.05) is 25.4 Å². The molecule has 1 unspecified atom stereocenters. The van der Waals surface area contributed by atoms with Crippen LogP contribution in [0.25, 0.3) is 0 Å². The van der Waals surface area contributed by atoms with Gasteiger partial charge in [0.1, 0.15) is 30.0 Å². The van der Waals surface area contributed by atoms with Crippen molar-refractivity contribution in [3.05, 3.63) is 51.5 Å². The van der Waals surface area contributed by atoms with Crippen LogP contribution >= 0.6 is 27.5 Å². The van der Waals surface area contributed by atoms with E-state index in [4.69, 9.17) is 25.8 Å². The van der Waals surface area contributed by atoms with Gasteiger partial charge in [0, 0.05) is 32.0 Å². The largest absolute Gasteiger partial charge is 0.493 e. The fourth-order valence-electron chi connectivity index (χ4n) is 3.47. The maximum Gasteiger partial charge on any atom is 0.257 e. The molecule has 2 aromatic carbocycles. The van der Waals surface area contributed by atoms with E-state index in [2.05, 4.69) is 37.1 Å². The first-order chi connectivity index (χ1) is 18.7. The lowest BCUT2D eigenvalue weighted by Crippen LogP contribution is -2.35. The highest BCUT2D eigenvalue weighted by Gasteiger charge is 2.15. The summed E-state index contributed by atoms with van der Waals surface area (Å²) in [5.74, 6) is 1.27. The Kier molecular flexibility index (Phi) is 12.3. The molecule has 1 atom stereocenters. The molecule has 0 aliphatic carbocycles. The lowest BCUT2D eigenvalue weighted by Gasteiger charge is -2.16. The molecule has 0 bridgehead atoms. The number of amides is 2. The quantitative estimate of drug-likeness (QED) is 0.223. The Bertz CT molecular complexity index is 1160. The zero-order valence-corrected chi connectivity index (χ0v) is 24.3. The Morgan fingerprint density at radius 3 is 2.64 bits per heavy atom. The number of halogens is 2. The molecule has 4 N–H and O–H groups in total. The van der Waals surface area contributed by atoms with Crippen LogP contribution < -0.4 is 30.3 Å². The Labute approximate surface area is 241 Å². The van der Waals surface area contributed by atoms with E-state index in [1.807, 2.05) is 13.8 Å². The predicted molar refractivity (Wildman–Crippen MR) is 153 cm³/mol. The van der Waals surface area contributed by atoms with E-state index in [9.17, 15) is 14.7 Å². The molecule has 39 heavy (non-hydrogen) atoms. The topological polar surface area (TPSA) is 131 Å². The highest BCUT2D eigenvalue weighted by atomic mass is 79.9. The second-order valence-corrected chi connectivity index (χ2v) is 10.5. The van der Waals surface area contributed by atoms with E-state index in [1.165, 1.54) is 0 Å². The van der Waals surface area contributed by atoms with Crippen LogP contribution in [0.4, 0.5) is 0 Å². The molecule has 2 amide bonds. The molecule has 0 saturated heterocycles. The first-order valence-corrected chi connectivity index (χ1v) is 13.9.